The summed E-state index contributed by atoms with van der Waals surface area (Å²) in [4.78, 5) is 13.8. The van der Waals surface area contributed by atoms with Gasteiger partial charge in [-0.2, -0.15) is 5.26 Å². The van der Waals surface area contributed by atoms with E-state index in [0.29, 0.717) is 19.5 Å². The molecular weight excluding hydrogens is 206 g/mol. The summed E-state index contributed by atoms with van der Waals surface area (Å²) in [6.45, 7) is 3.82. The minimum atomic E-state index is -0.149. The minimum Gasteiger partial charge on any atom is -0.380 e. The molecule has 5 heteroatoms. The number of hydrogen-bond acceptors (Lipinski definition) is 4. The largest absolute Gasteiger partial charge is 0.380 e. The van der Waals surface area contributed by atoms with Gasteiger partial charge < -0.3 is 15.0 Å². The van der Waals surface area contributed by atoms with Gasteiger partial charge in [0.05, 0.1) is 24.6 Å². The average molecular weight is 225 g/mol. The highest BCUT2D eigenvalue weighted by Crippen LogP contribution is 2.12. The summed E-state index contributed by atoms with van der Waals surface area (Å²) in [7, 11) is 1.66. The quantitative estimate of drug-likeness (QED) is 0.722. The number of likely N-dealkylation sites (N-methyl/N-ethyl adjacent to an activating group) is 1. The highest BCUT2D eigenvalue weighted by Gasteiger charge is 2.31. The molecule has 16 heavy (non-hydrogen) atoms. The lowest BCUT2D eigenvalue weighted by Crippen LogP contribution is -2.43. The summed E-state index contributed by atoms with van der Waals surface area (Å²) in [5, 5.41) is 11.7. The molecule has 0 radical (unpaired) electrons. The van der Waals surface area contributed by atoms with E-state index in [2.05, 4.69) is 11.4 Å². The Kier molecular flexibility index (Phi) is 5.23. The Labute approximate surface area is 96.4 Å². The van der Waals surface area contributed by atoms with E-state index >= 15 is 0 Å². The molecule has 2 unspecified atom stereocenters. The van der Waals surface area contributed by atoms with Gasteiger partial charge >= 0.3 is 0 Å². The molecule has 90 valence electrons. The first-order valence-electron chi connectivity index (χ1n) is 5.64. The van der Waals surface area contributed by atoms with Gasteiger partial charge in [0.1, 0.15) is 0 Å². The Morgan fingerprint density at radius 3 is 2.94 bits per heavy atom. The predicted octanol–water partition coefficient (Wildman–Crippen LogP) is 0.125. The summed E-state index contributed by atoms with van der Waals surface area (Å²) in [5.41, 5.74) is 0. The van der Waals surface area contributed by atoms with Gasteiger partial charge in [-0.25, -0.2) is 0 Å². The molecule has 0 spiro atoms. The Hall–Kier alpha value is -1.12. The van der Waals surface area contributed by atoms with Gasteiger partial charge in [-0.1, -0.05) is 0 Å². The van der Waals surface area contributed by atoms with E-state index < -0.39 is 0 Å². The van der Waals surface area contributed by atoms with Crippen LogP contribution in [0.3, 0.4) is 0 Å². The standard InChI is InChI=1S/C11H19N3O2/c1-3-14(6-4-5-12)11(15)10-7-9(16-2)8-13-10/h9-10,13H,3-4,6-8H2,1-2H3. The third-order valence-corrected chi connectivity index (χ3v) is 2.91. The van der Waals surface area contributed by atoms with Crippen LogP contribution in [0.25, 0.3) is 0 Å². The van der Waals surface area contributed by atoms with Crippen LogP contribution in [0, 0.1) is 11.3 Å². The maximum absolute atomic E-state index is 12.0. The number of nitrogens with one attached hydrogen (secondary N) is 1. The van der Waals surface area contributed by atoms with Crippen molar-refractivity contribution in [2.24, 2.45) is 0 Å². The molecule has 0 saturated carbocycles. The number of nitrogens with zero attached hydrogens (tertiary/aromatic N) is 2. The van der Waals surface area contributed by atoms with Crippen molar-refractivity contribution < 1.29 is 9.53 Å². The Morgan fingerprint density at radius 2 is 2.44 bits per heavy atom. The van der Waals surface area contributed by atoms with Crippen LogP contribution < -0.4 is 5.32 Å². The second-order valence-corrected chi connectivity index (χ2v) is 3.88. The number of carbonyl (C=O) groups is 1. The van der Waals surface area contributed by atoms with Gasteiger partial charge in [0.15, 0.2) is 0 Å². The first-order valence-corrected chi connectivity index (χ1v) is 5.64. The third kappa shape index (κ3) is 3.19. The van der Waals surface area contributed by atoms with Crippen LogP contribution in [-0.4, -0.2) is 49.7 Å². The number of rotatable bonds is 5. The first-order chi connectivity index (χ1) is 7.72. The van der Waals surface area contributed by atoms with Crippen LogP contribution in [-0.2, 0) is 9.53 Å². The lowest BCUT2D eigenvalue weighted by Gasteiger charge is -2.23. The van der Waals surface area contributed by atoms with Crippen LogP contribution in [0.1, 0.15) is 19.8 Å². The van der Waals surface area contributed by atoms with E-state index in [4.69, 9.17) is 10.00 Å². The van der Waals surface area contributed by atoms with Crippen molar-refractivity contribution in [1.29, 1.82) is 5.26 Å². The van der Waals surface area contributed by atoms with E-state index in [-0.39, 0.29) is 18.1 Å². The van der Waals surface area contributed by atoms with Crippen LogP contribution in [0.5, 0.6) is 0 Å². The van der Waals surface area contributed by atoms with Crippen LogP contribution in [0.15, 0.2) is 0 Å². The Balaban J connectivity index is 2.46. The molecule has 2 atom stereocenters. The number of carbonyl (C=O) groups excluding carboxylic acids is 1. The molecule has 1 saturated heterocycles. The second kappa shape index (κ2) is 6.46. The van der Waals surface area contributed by atoms with E-state index in [1.807, 2.05) is 6.92 Å². The zero-order valence-electron chi connectivity index (χ0n) is 9.90. The molecule has 1 rings (SSSR count). The van der Waals surface area contributed by atoms with Gasteiger partial charge in [-0.3, -0.25) is 4.79 Å². The number of amides is 1. The van der Waals surface area contributed by atoms with Crippen LogP contribution in [0.4, 0.5) is 0 Å². The second-order valence-electron chi connectivity index (χ2n) is 3.88. The topological polar surface area (TPSA) is 65.4 Å². The zero-order chi connectivity index (χ0) is 12.0. The third-order valence-electron chi connectivity index (χ3n) is 2.91. The summed E-state index contributed by atoms with van der Waals surface area (Å²) < 4.78 is 5.20. The van der Waals surface area contributed by atoms with Gasteiger partial charge in [-0.05, 0) is 13.3 Å². The Bertz CT molecular complexity index is 275. The smallest absolute Gasteiger partial charge is 0.239 e. The molecule has 1 N–H and O–H groups in total. The molecule has 1 aliphatic heterocycles. The summed E-state index contributed by atoms with van der Waals surface area (Å²) in [6.07, 6.45) is 1.24. The molecule has 1 aliphatic rings. The molecule has 0 aliphatic carbocycles. The SMILES string of the molecule is CCN(CCC#N)C(=O)C1CC(OC)CN1. The van der Waals surface area contributed by atoms with Crippen LogP contribution >= 0.6 is 0 Å². The van der Waals surface area contributed by atoms with E-state index in [0.717, 1.165) is 13.0 Å². The Morgan fingerprint density at radius 1 is 1.69 bits per heavy atom. The van der Waals surface area contributed by atoms with Gasteiger partial charge in [0, 0.05) is 26.7 Å². The van der Waals surface area contributed by atoms with Crippen molar-refractivity contribution in [3.05, 3.63) is 0 Å². The van der Waals surface area contributed by atoms with E-state index in [1.165, 1.54) is 0 Å². The summed E-state index contributed by atoms with van der Waals surface area (Å²) in [5.74, 6) is 0.0808. The van der Waals surface area contributed by atoms with Crippen molar-refractivity contribution in [2.75, 3.05) is 26.7 Å². The van der Waals surface area contributed by atoms with Gasteiger partial charge in [0.2, 0.25) is 5.91 Å². The summed E-state index contributed by atoms with van der Waals surface area (Å²) >= 11 is 0. The molecule has 0 aromatic rings. The molecule has 1 amide bonds. The molecule has 0 aromatic heterocycles. The normalized spacial score (nSPS) is 24.1. The molecule has 0 bridgehead atoms. The lowest BCUT2D eigenvalue weighted by atomic mass is 10.1. The van der Waals surface area contributed by atoms with Gasteiger partial charge in [-0.15, -0.1) is 0 Å². The van der Waals surface area contributed by atoms with Crippen molar-refractivity contribution in [3.8, 4) is 6.07 Å². The molecule has 5 nitrogen and oxygen atoms in total. The molecule has 0 aromatic carbocycles. The molecule has 1 heterocycles. The van der Waals surface area contributed by atoms with Crippen molar-refractivity contribution >= 4 is 5.91 Å². The highest BCUT2D eigenvalue weighted by molar-refractivity contribution is 5.82. The monoisotopic (exact) mass is 225 g/mol. The fourth-order valence-corrected chi connectivity index (χ4v) is 1.90. The first kappa shape index (κ1) is 12.9. The number of hydrogen-bond donors (Lipinski definition) is 1. The lowest BCUT2D eigenvalue weighted by molar-refractivity contribution is -0.133. The highest BCUT2D eigenvalue weighted by atomic mass is 16.5. The van der Waals surface area contributed by atoms with E-state index in [1.54, 1.807) is 12.0 Å². The van der Waals surface area contributed by atoms with E-state index in [9.17, 15) is 4.79 Å². The number of ether oxygens (including phenoxy) is 1. The van der Waals surface area contributed by atoms with Crippen molar-refractivity contribution in [1.82, 2.24) is 10.2 Å². The maximum atomic E-state index is 12.0. The summed E-state index contributed by atoms with van der Waals surface area (Å²) in [6, 6.07) is 1.91. The van der Waals surface area contributed by atoms with Crippen molar-refractivity contribution in [3.63, 3.8) is 0 Å². The number of nitriles is 1. The fourth-order valence-electron chi connectivity index (χ4n) is 1.90. The van der Waals surface area contributed by atoms with Crippen LogP contribution in [0.2, 0.25) is 0 Å². The van der Waals surface area contributed by atoms with Crippen molar-refractivity contribution in [2.45, 2.75) is 31.9 Å². The minimum absolute atomic E-state index is 0.0808. The average Bonchev–Trinajstić information content (AvgIpc) is 2.78. The molecular formula is C11H19N3O2. The zero-order valence-corrected chi connectivity index (χ0v) is 9.90. The molecule has 1 fully saturated rings. The number of methoxy groups -OCH3 is 1. The van der Waals surface area contributed by atoms with Gasteiger partial charge in [0.25, 0.3) is 0 Å². The maximum Gasteiger partial charge on any atom is 0.239 e. The predicted molar refractivity (Wildman–Crippen MR) is 59.7 cm³/mol. The fraction of sp³-hybridized carbons (Fsp3) is 0.818.